The number of hydrogen-bond acceptors (Lipinski definition) is 5. The molecule has 0 aliphatic carbocycles. The van der Waals surface area contributed by atoms with Crippen LogP contribution in [-0.4, -0.2) is 50.9 Å². The van der Waals surface area contributed by atoms with Crippen LogP contribution in [0.1, 0.15) is 43.9 Å². The lowest BCUT2D eigenvalue weighted by Gasteiger charge is -2.32. The zero-order valence-electron chi connectivity index (χ0n) is 24.0. The highest BCUT2D eigenvalue weighted by atomic mass is 32.2. The van der Waals surface area contributed by atoms with E-state index in [1.807, 2.05) is 52.0 Å². The van der Waals surface area contributed by atoms with Crippen molar-refractivity contribution in [2.45, 2.75) is 64.6 Å². The van der Waals surface area contributed by atoms with E-state index in [1.54, 1.807) is 43.3 Å². The molecule has 0 aliphatic rings. The van der Waals surface area contributed by atoms with E-state index in [9.17, 15) is 18.0 Å². The van der Waals surface area contributed by atoms with Crippen molar-refractivity contribution in [2.24, 2.45) is 0 Å². The van der Waals surface area contributed by atoms with E-state index in [-0.39, 0.29) is 23.4 Å². The Bertz CT molecular complexity index is 1390. The maximum atomic E-state index is 14.0. The van der Waals surface area contributed by atoms with Crippen LogP contribution in [0.2, 0.25) is 0 Å². The number of aryl methyl sites for hydroxylation is 2. The van der Waals surface area contributed by atoms with Crippen molar-refractivity contribution in [3.63, 3.8) is 0 Å². The Hall–Kier alpha value is -3.85. The first kappa shape index (κ1) is 30.7. The van der Waals surface area contributed by atoms with Gasteiger partial charge in [-0.2, -0.15) is 0 Å². The standard InChI is InChI=1S/C31H39N3O5S/c1-7-24(4)32-31(36)25(5)33(20-26-12-8-22(2)9-13-26)30(35)21-34(27-14-16-28(39-6)17-15-27)40(37,38)29-18-10-23(3)11-19-29/h8-19,24-25H,7,20-21H2,1-6H3,(H,32,36)/t24-,25+/m0/s1. The summed E-state index contributed by atoms with van der Waals surface area (Å²) < 4.78 is 34.1. The molecule has 3 aromatic carbocycles. The largest absolute Gasteiger partial charge is 0.497 e. The Balaban J connectivity index is 2.02. The SMILES string of the molecule is CC[C@H](C)NC(=O)[C@@H](C)N(Cc1ccc(C)cc1)C(=O)CN(c1ccc(OC)cc1)S(=O)(=O)c1ccc(C)cc1. The number of rotatable bonds is 12. The number of nitrogens with zero attached hydrogens (tertiary/aromatic N) is 2. The molecular formula is C31H39N3O5S. The van der Waals surface area contributed by atoms with Gasteiger partial charge in [0, 0.05) is 12.6 Å². The van der Waals surface area contributed by atoms with Crippen LogP contribution >= 0.6 is 0 Å². The van der Waals surface area contributed by atoms with Crippen molar-refractivity contribution in [3.8, 4) is 5.75 Å². The number of hydrogen-bond donors (Lipinski definition) is 1. The van der Waals surface area contributed by atoms with Crippen molar-refractivity contribution >= 4 is 27.5 Å². The highest BCUT2D eigenvalue weighted by Gasteiger charge is 2.32. The molecule has 3 rings (SSSR count). The van der Waals surface area contributed by atoms with Crippen LogP contribution in [0.25, 0.3) is 0 Å². The zero-order valence-corrected chi connectivity index (χ0v) is 24.9. The lowest BCUT2D eigenvalue weighted by Crippen LogP contribution is -2.52. The summed E-state index contributed by atoms with van der Waals surface area (Å²) in [5.74, 6) is -0.245. The van der Waals surface area contributed by atoms with Crippen LogP contribution < -0.4 is 14.4 Å². The Morgan fingerprint density at radius 2 is 1.43 bits per heavy atom. The molecule has 0 aliphatic heterocycles. The summed E-state index contributed by atoms with van der Waals surface area (Å²) in [6.45, 7) is 9.03. The van der Waals surface area contributed by atoms with E-state index < -0.39 is 28.5 Å². The average Bonchev–Trinajstić information content (AvgIpc) is 2.95. The Morgan fingerprint density at radius 3 is 1.95 bits per heavy atom. The average molecular weight is 566 g/mol. The molecule has 0 spiro atoms. The molecule has 0 heterocycles. The molecule has 8 nitrogen and oxygen atoms in total. The van der Waals surface area contributed by atoms with E-state index in [0.717, 1.165) is 27.4 Å². The first-order chi connectivity index (χ1) is 19.0. The molecule has 0 aromatic heterocycles. The van der Waals surface area contributed by atoms with E-state index >= 15 is 0 Å². The summed E-state index contributed by atoms with van der Waals surface area (Å²) in [7, 11) is -2.60. The molecule has 0 radical (unpaired) electrons. The van der Waals surface area contributed by atoms with Crippen molar-refractivity contribution in [1.82, 2.24) is 10.2 Å². The minimum atomic E-state index is -4.12. The summed E-state index contributed by atoms with van der Waals surface area (Å²) in [6.07, 6.45) is 0.740. The number of methoxy groups -OCH3 is 1. The predicted molar refractivity (Wildman–Crippen MR) is 158 cm³/mol. The number of nitrogens with one attached hydrogen (secondary N) is 1. The van der Waals surface area contributed by atoms with Crippen molar-refractivity contribution in [3.05, 3.63) is 89.5 Å². The van der Waals surface area contributed by atoms with E-state index in [1.165, 1.54) is 24.1 Å². The van der Waals surface area contributed by atoms with Crippen LogP contribution in [0.3, 0.4) is 0 Å². The molecule has 0 fully saturated rings. The highest BCUT2D eigenvalue weighted by molar-refractivity contribution is 7.92. The van der Waals surface area contributed by atoms with Crippen molar-refractivity contribution in [2.75, 3.05) is 18.0 Å². The van der Waals surface area contributed by atoms with Gasteiger partial charge in [-0.05, 0) is 76.1 Å². The molecule has 0 saturated heterocycles. The summed E-state index contributed by atoms with van der Waals surface area (Å²) in [5, 5.41) is 2.94. The highest BCUT2D eigenvalue weighted by Crippen LogP contribution is 2.27. The number of anilines is 1. The van der Waals surface area contributed by atoms with E-state index in [2.05, 4.69) is 5.32 Å². The molecule has 0 saturated carbocycles. The molecule has 40 heavy (non-hydrogen) atoms. The number of amides is 2. The van der Waals surface area contributed by atoms with Gasteiger partial charge in [0.05, 0.1) is 17.7 Å². The number of carbonyl (C=O) groups is 2. The quantitative estimate of drug-likeness (QED) is 0.339. The topological polar surface area (TPSA) is 96.0 Å². The molecule has 0 unspecified atom stereocenters. The molecular weight excluding hydrogens is 526 g/mol. The molecule has 9 heteroatoms. The third-order valence-corrected chi connectivity index (χ3v) is 8.68. The van der Waals surface area contributed by atoms with Crippen LogP contribution in [-0.2, 0) is 26.2 Å². The summed E-state index contributed by atoms with van der Waals surface area (Å²) in [4.78, 5) is 28.6. The normalized spacial score (nSPS) is 12.8. The van der Waals surface area contributed by atoms with Gasteiger partial charge in [-0.3, -0.25) is 13.9 Å². The van der Waals surface area contributed by atoms with Crippen molar-refractivity contribution in [1.29, 1.82) is 0 Å². The van der Waals surface area contributed by atoms with Gasteiger partial charge in [0.1, 0.15) is 18.3 Å². The fourth-order valence-corrected chi connectivity index (χ4v) is 5.47. The Labute approximate surface area is 238 Å². The summed E-state index contributed by atoms with van der Waals surface area (Å²) in [5.41, 5.74) is 3.12. The first-order valence-electron chi connectivity index (χ1n) is 13.3. The maximum Gasteiger partial charge on any atom is 0.264 e. The minimum absolute atomic E-state index is 0.0642. The molecule has 2 amide bonds. The molecule has 214 valence electrons. The second kappa shape index (κ2) is 13.5. The molecule has 1 N–H and O–H groups in total. The minimum Gasteiger partial charge on any atom is -0.497 e. The third kappa shape index (κ3) is 7.63. The summed E-state index contributed by atoms with van der Waals surface area (Å²) >= 11 is 0. The van der Waals surface area contributed by atoms with E-state index in [0.29, 0.717) is 11.4 Å². The zero-order chi connectivity index (χ0) is 29.4. The lowest BCUT2D eigenvalue weighted by atomic mass is 10.1. The monoisotopic (exact) mass is 565 g/mol. The lowest BCUT2D eigenvalue weighted by molar-refractivity contribution is -0.139. The predicted octanol–water partition coefficient (Wildman–Crippen LogP) is 4.84. The second-order valence-corrected chi connectivity index (χ2v) is 11.9. The van der Waals surface area contributed by atoms with Crippen molar-refractivity contribution < 1.29 is 22.7 Å². The van der Waals surface area contributed by atoms with Crippen LogP contribution in [0, 0.1) is 13.8 Å². The Morgan fingerprint density at radius 1 is 0.875 bits per heavy atom. The number of sulfonamides is 1. The van der Waals surface area contributed by atoms with Gasteiger partial charge >= 0.3 is 0 Å². The van der Waals surface area contributed by atoms with Crippen LogP contribution in [0.4, 0.5) is 5.69 Å². The number of ether oxygens (including phenoxy) is 1. The van der Waals surface area contributed by atoms with Gasteiger partial charge < -0.3 is 15.0 Å². The fourth-order valence-electron chi connectivity index (χ4n) is 4.05. The van der Waals surface area contributed by atoms with Crippen LogP contribution in [0.15, 0.2) is 77.7 Å². The number of carbonyl (C=O) groups excluding carboxylic acids is 2. The molecule has 3 aromatic rings. The van der Waals surface area contributed by atoms with Gasteiger partial charge in [0.2, 0.25) is 11.8 Å². The first-order valence-corrected chi connectivity index (χ1v) is 14.8. The van der Waals surface area contributed by atoms with E-state index in [4.69, 9.17) is 4.74 Å². The number of benzene rings is 3. The Kier molecular flexibility index (Phi) is 10.3. The van der Waals surface area contributed by atoms with Crippen LogP contribution in [0.5, 0.6) is 5.75 Å². The molecule has 0 bridgehead atoms. The van der Waals surface area contributed by atoms with Gasteiger partial charge in [0.15, 0.2) is 0 Å². The molecule has 2 atom stereocenters. The second-order valence-electron chi connectivity index (χ2n) is 10.0. The smallest absolute Gasteiger partial charge is 0.264 e. The van der Waals surface area contributed by atoms with Gasteiger partial charge in [-0.1, -0.05) is 54.4 Å². The van der Waals surface area contributed by atoms with Gasteiger partial charge in [-0.25, -0.2) is 8.42 Å². The fraction of sp³-hybridized carbons (Fsp3) is 0.355. The maximum absolute atomic E-state index is 14.0. The van der Waals surface area contributed by atoms with Gasteiger partial charge in [-0.15, -0.1) is 0 Å². The van der Waals surface area contributed by atoms with Gasteiger partial charge in [0.25, 0.3) is 10.0 Å². The summed E-state index contributed by atoms with van der Waals surface area (Å²) in [6, 6.07) is 19.7. The third-order valence-electron chi connectivity index (χ3n) is 6.89.